The monoisotopic (exact) mass is 519 g/mol. The Bertz CT molecular complexity index is 374. The zero-order valence-corrected chi connectivity index (χ0v) is 23.2. The molecule has 1 atom stereocenters. The molecule has 0 heterocycles. The molecule has 192 valence electrons. The van der Waals surface area contributed by atoms with Crippen molar-refractivity contribution in [1.82, 2.24) is 4.90 Å². The standard InChI is InChI=1S/C28H55BrFNO/c1-3-5-7-9-11-13-17-21-25-31(26-22-18-14-12-10-8-6-4-2)28(32)27(30)23-19-15-16-20-24-29/h27H,3-26H2,1-2H3. The van der Waals surface area contributed by atoms with Crippen LogP contribution in [0.25, 0.3) is 0 Å². The number of hydrogen-bond donors (Lipinski definition) is 0. The van der Waals surface area contributed by atoms with Gasteiger partial charge in [0.1, 0.15) is 0 Å². The number of carbonyl (C=O) groups excluding carboxylic acids is 1. The zero-order valence-electron chi connectivity index (χ0n) is 21.7. The van der Waals surface area contributed by atoms with Crippen LogP contribution in [-0.2, 0) is 4.79 Å². The molecule has 0 aromatic carbocycles. The first kappa shape index (κ1) is 31.9. The fraction of sp³-hybridized carbons (Fsp3) is 0.964. The Morgan fingerprint density at radius 2 is 1.00 bits per heavy atom. The number of carbonyl (C=O) groups is 1. The molecule has 0 fully saturated rings. The lowest BCUT2D eigenvalue weighted by Gasteiger charge is -2.24. The first-order valence-corrected chi connectivity index (χ1v) is 15.3. The number of nitrogens with zero attached hydrogens (tertiary/aromatic N) is 1. The molecule has 1 amide bonds. The minimum atomic E-state index is -1.30. The minimum Gasteiger partial charge on any atom is -0.340 e. The third kappa shape index (κ3) is 20.5. The summed E-state index contributed by atoms with van der Waals surface area (Å²) in [5.74, 6) is -0.239. The van der Waals surface area contributed by atoms with Gasteiger partial charge < -0.3 is 4.90 Å². The summed E-state index contributed by atoms with van der Waals surface area (Å²) in [4.78, 5) is 14.6. The number of hydrogen-bond acceptors (Lipinski definition) is 1. The molecule has 0 rings (SSSR count). The minimum absolute atomic E-state index is 0.239. The summed E-state index contributed by atoms with van der Waals surface area (Å²) in [5, 5.41) is 1.01. The van der Waals surface area contributed by atoms with E-state index >= 15 is 0 Å². The summed E-state index contributed by atoms with van der Waals surface area (Å²) in [6, 6.07) is 0. The second-order valence-electron chi connectivity index (χ2n) is 9.63. The Labute approximate surface area is 209 Å². The molecule has 0 spiro atoms. The van der Waals surface area contributed by atoms with Crippen molar-refractivity contribution in [3.8, 4) is 0 Å². The van der Waals surface area contributed by atoms with E-state index in [2.05, 4.69) is 29.8 Å². The average molecular weight is 521 g/mol. The smallest absolute Gasteiger partial charge is 0.257 e. The maximum absolute atomic E-state index is 14.7. The molecule has 0 aliphatic rings. The van der Waals surface area contributed by atoms with Crippen LogP contribution in [0.1, 0.15) is 149 Å². The van der Waals surface area contributed by atoms with Crippen LogP contribution in [0.2, 0.25) is 0 Å². The van der Waals surface area contributed by atoms with Crippen LogP contribution in [0.15, 0.2) is 0 Å². The Morgan fingerprint density at radius 1 is 0.625 bits per heavy atom. The van der Waals surface area contributed by atoms with Crippen molar-refractivity contribution >= 4 is 21.8 Å². The lowest BCUT2D eigenvalue weighted by molar-refractivity contribution is -0.137. The van der Waals surface area contributed by atoms with E-state index in [0.29, 0.717) is 6.42 Å². The van der Waals surface area contributed by atoms with Crippen molar-refractivity contribution in [2.24, 2.45) is 0 Å². The molecule has 0 N–H and O–H groups in total. The van der Waals surface area contributed by atoms with Gasteiger partial charge >= 0.3 is 0 Å². The largest absolute Gasteiger partial charge is 0.340 e. The second kappa shape index (κ2) is 25.5. The van der Waals surface area contributed by atoms with Gasteiger partial charge in [-0.25, -0.2) is 4.39 Å². The van der Waals surface area contributed by atoms with Gasteiger partial charge in [0.05, 0.1) is 0 Å². The van der Waals surface area contributed by atoms with Crippen molar-refractivity contribution < 1.29 is 9.18 Å². The third-order valence-corrected chi connectivity index (χ3v) is 7.04. The van der Waals surface area contributed by atoms with Crippen molar-refractivity contribution in [1.29, 1.82) is 0 Å². The second-order valence-corrected chi connectivity index (χ2v) is 10.4. The zero-order chi connectivity index (χ0) is 23.7. The number of halogens is 2. The highest BCUT2D eigenvalue weighted by atomic mass is 79.9. The normalized spacial score (nSPS) is 12.2. The molecule has 0 aliphatic carbocycles. The fourth-order valence-corrected chi connectivity index (χ4v) is 4.69. The van der Waals surface area contributed by atoms with Crippen LogP contribution < -0.4 is 0 Å². The van der Waals surface area contributed by atoms with Gasteiger partial charge in [0, 0.05) is 18.4 Å². The van der Waals surface area contributed by atoms with Crippen molar-refractivity contribution in [2.75, 3.05) is 18.4 Å². The van der Waals surface area contributed by atoms with Gasteiger partial charge in [0.15, 0.2) is 6.17 Å². The number of unbranched alkanes of at least 4 members (excludes halogenated alkanes) is 17. The summed E-state index contributed by atoms with van der Waals surface area (Å²) in [7, 11) is 0. The highest BCUT2D eigenvalue weighted by Gasteiger charge is 2.23. The average Bonchev–Trinajstić information content (AvgIpc) is 2.80. The van der Waals surface area contributed by atoms with Crippen molar-refractivity contribution in [3.05, 3.63) is 0 Å². The van der Waals surface area contributed by atoms with Crippen LogP contribution in [0.4, 0.5) is 4.39 Å². The summed E-state index contributed by atoms with van der Waals surface area (Å²) >= 11 is 3.44. The van der Waals surface area contributed by atoms with Gasteiger partial charge in [0.25, 0.3) is 5.91 Å². The van der Waals surface area contributed by atoms with Crippen LogP contribution in [-0.4, -0.2) is 35.4 Å². The first-order valence-electron chi connectivity index (χ1n) is 14.2. The van der Waals surface area contributed by atoms with E-state index in [1.54, 1.807) is 0 Å². The maximum Gasteiger partial charge on any atom is 0.257 e. The number of rotatable bonds is 25. The Balaban J connectivity index is 4.22. The van der Waals surface area contributed by atoms with Gasteiger partial charge in [0.2, 0.25) is 0 Å². The first-order chi connectivity index (χ1) is 15.7. The van der Waals surface area contributed by atoms with Crippen molar-refractivity contribution in [3.63, 3.8) is 0 Å². The molecule has 0 saturated carbocycles. The quantitative estimate of drug-likeness (QED) is 0.0866. The number of amides is 1. The third-order valence-electron chi connectivity index (χ3n) is 6.48. The molecule has 0 bridgehead atoms. The molecule has 1 unspecified atom stereocenters. The van der Waals surface area contributed by atoms with E-state index < -0.39 is 6.17 Å². The number of alkyl halides is 2. The van der Waals surface area contributed by atoms with Gasteiger partial charge in [-0.2, -0.15) is 0 Å². The predicted octanol–water partition coefficient (Wildman–Crippen LogP) is 9.78. The van der Waals surface area contributed by atoms with Gasteiger partial charge in [-0.05, 0) is 25.7 Å². The van der Waals surface area contributed by atoms with Crippen LogP contribution >= 0.6 is 15.9 Å². The topological polar surface area (TPSA) is 20.3 Å². The Hall–Kier alpha value is -0.120. The van der Waals surface area contributed by atoms with E-state index in [0.717, 1.165) is 69.8 Å². The molecule has 0 aliphatic heterocycles. The van der Waals surface area contributed by atoms with Crippen LogP contribution in [0.5, 0.6) is 0 Å². The summed E-state index contributed by atoms with van der Waals surface area (Å²) in [6.45, 7) is 5.99. The maximum atomic E-state index is 14.7. The van der Waals surface area contributed by atoms with E-state index in [1.807, 2.05) is 4.90 Å². The van der Waals surface area contributed by atoms with Crippen LogP contribution in [0, 0.1) is 0 Å². The lowest BCUT2D eigenvalue weighted by Crippen LogP contribution is -2.38. The molecular weight excluding hydrogens is 465 g/mol. The molecule has 2 nitrogen and oxygen atoms in total. The molecule has 0 aromatic rings. The highest BCUT2D eigenvalue weighted by molar-refractivity contribution is 9.09. The Morgan fingerprint density at radius 3 is 1.44 bits per heavy atom. The SMILES string of the molecule is CCCCCCCCCCN(CCCCCCCCCC)C(=O)C(F)CCCCCCBr. The van der Waals surface area contributed by atoms with Gasteiger partial charge in [-0.1, -0.05) is 139 Å². The Kier molecular flexibility index (Phi) is 25.4. The lowest BCUT2D eigenvalue weighted by atomic mass is 10.1. The fourth-order valence-electron chi connectivity index (χ4n) is 4.30. The summed E-state index contributed by atoms with van der Waals surface area (Å²) in [5.41, 5.74) is 0. The van der Waals surface area contributed by atoms with Gasteiger partial charge in [-0.15, -0.1) is 0 Å². The summed E-state index contributed by atoms with van der Waals surface area (Å²) < 4.78 is 14.7. The van der Waals surface area contributed by atoms with Crippen LogP contribution in [0.3, 0.4) is 0 Å². The molecule has 0 aromatic heterocycles. The van der Waals surface area contributed by atoms with Crippen molar-refractivity contribution in [2.45, 2.75) is 155 Å². The molecule has 0 radical (unpaired) electrons. The predicted molar refractivity (Wildman–Crippen MR) is 144 cm³/mol. The molecule has 32 heavy (non-hydrogen) atoms. The van der Waals surface area contributed by atoms with Gasteiger partial charge in [-0.3, -0.25) is 4.79 Å². The highest BCUT2D eigenvalue weighted by Crippen LogP contribution is 2.15. The van der Waals surface area contributed by atoms with E-state index in [4.69, 9.17) is 0 Å². The summed E-state index contributed by atoms with van der Waals surface area (Å²) in [6.07, 6.45) is 23.3. The van der Waals surface area contributed by atoms with E-state index in [-0.39, 0.29) is 5.91 Å². The molecular formula is C28H55BrFNO. The van der Waals surface area contributed by atoms with E-state index in [1.165, 1.54) is 77.0 Å². The molecule has 0 saturated heterocycles. The van der Waals surface area contributed by atoms with E-state index in [9.17, 15) is 9.18 Å². The molecule has 4 heteroatoms.